The lowest BCUT2D eigenvalue weighted by Crippen LogP contribution is -2.28. The molecule has 6 heteroatoms. The van der Waals surface area contributed by atoms with E-state index in [4.69, 9.17) is 0 Å². The molecular weight excluding hydrogens is 232 g/mol. The number of anilines is 1. The number of nitrogens with one attached hydrogen (secondary N) is 2. The first-order valence-corrected chi connectivity index (χ1v) is 5.67. The van der Waals surface area contributed by atoms with Crippen molar-refractivity contribution < 1.29 is 0 Å². The molecule has 0 fully saturated rings. The lowest BCUT2D eigenvalue weighted by atomic mass is 10.3. The van der Waals surface area contributed by atoms with Gasteiger partial charge in [-0.3, -0.25) is 14.3 Å². The molecule has 2 N–H and O–H groups in total. The van der Waals surface area contributed by atoms with E-state index in [1.165, 1.54) is 16.8 Å². The minimum Gasteiger partial charge on any atom is -0.370 e. The molecule has 0 amide bonds. The molecule has 0 bridgehead atoms. The molecular formula is C12H14N4O2. The first-order chi connectivity index (χ1) is 8.69. The molecule has 2 aromatic heterocycles. The lowest BCUT2D eigenvalue weighted by molar-refractivity contribution is 0.718. The van der Waals surface area contributed by atoms with Gasteiger partial charge < -0.3 is 5.32 Å². The number of H-pyrrole nitrogens is 1. The number of aromatic nitrogens is 3. The third kappa shape index (κ3) is 2.85. The molecule has 0 aliphatic rings. The Labute approximate surface area is 103 Å². The quantitative estimate of drug-likeness (QED) is 0.819. The summed E-state index contributed by atoms with van der Waals surface area (Å²) in [5.74, 6) is 0.801. The van der Waals surface area contributed by atoms with Gasteiger partial charge in [-0.05, 0) is 18.6 Å². The molecule has 0 aliphatic heterocycles. The molecule has 0 saturated heterocycles. The highest BCUT2D eigenvalue weighted by Gasteiger charge is 1.99. The lowest BCUT2D eigenvalue weighted by Gasteiger charge is -2.06. The van der Waals surface area contributed by atoms with Crippen LogP contribution < -0.4 is 16.6 Å². The Hall–Kier alpha value is -2.37. The zero-order chi connectivity index (χ0) is 13.0. The van der Waals surface area contributed by atoms with Crippen LogP contribution in [0, 0.1) is 0 Å². The van der Waals surface area contributed by atoms with Crippen molar-refractivity contribution >= 4 is 5.82 Å². The molecule has 0 spiro atoms. The van der Waals surface area contributed by atoms with Crippen molar-refractivity contribution in [3.8, 4) is 0 Å². The average Bonchev–Trinajstić information content (AvgIpc) is 2.35. The van der Waals surface area contributed by atoms with E-state index in [0.717, 1.165) is 17.9 Å². The SMILES string of the molecule is CCNc1ccc(Cn2ccc(=O)[nH]c2=O)cn1. The summed E-state index contributed by atoms with van der Waals surface area (Å²) >= 11 is 0. The molecule has 0 aliphatic carbocycles. The van der Waals surface area contributed by atoms with Gasteiger partial charge in [0.1, 0.15) is 5.82 Å². The molecule has 0 saturated carbocycles. The van der Waals surface area contributed by atoms with E-state index in [1.807, 2.05) is 19.1 Å². The zero-order valence-electron chi connectivity index (χ0n) is 10.0. The summed E-state index contributed by atoms with van der Waals surface area (Å²) in [5, 5.41) is 3.09. The van der Waals surface area contributed by atoms with E-state index in [1.54, 1.807) is 6.20 Å². The second-order valence-corrected chi connectivity index (χ2v) is 3.82. The monoisotopic (exact) mass is 246 g/mol. The van der Waals surface area contributed by atoms with Gasteiger partial charge in [-0.15, -0.1) is 0 Å². The first kappa shape index (κ1) is 12.1. The van der Waals surface area contributed by atoms with Crippen molar-refractivity contribution in [1.29, 1.82) is 0 Å². The van der Waals surface area contributed by atoms with Crippen LogP contribution in [-0.4, -0.2) is 21.1 Å². The van der Waals surface area contributed by atoms with Crippen LogP contribution in [0.5, 0.6) is 0 Å². The fraction of sp³-hybridized carbons (Fsp3) is 0.250. The van der Waals surface area contributed by atoms with Gasteiger partial charge >= 0.3 is 5.69 Å². The molecule has 0 atom stereocenters. The van der Waals surface area contributed by atoms with Gasteiger partial charge in [0, 0.05) is 25.0 Å². The van der Waals surface area contributed by atoms with E-state index >= 15 is 0 Å². The van der Waals surface area contributed by atoms with Gasteiger partial charge in [-0.25, -0.2) is 9.78 Å². The summed E-state index contributed by atoms with van der Waals surface area (Å²) < 4.78 is 1.42. The maximum Gasteiger partial charge on any atom is 0.328 e. The topological polar surface area (TPSA) is 79.8 Å². The average molecular weight is 246 g/mol. The number of rotatable bonds is 4. The van der Waals surface area contributed by atoms with Gasteiger partial charge in [0.05, 0.1) is 6.54 Å². The summed E-state index contributed by atoms with van der Waals surface area (Å²) in [4.78, 5) is 28.8. The van der Waals surface area contributed by atoms with Crippen LogP contribution in [0.2, 0.25) is 0 Å². The van der Waals surface area contributed by atoms with Gasteiger partial charge in [0.15, 0.2) is 0 Å². The third-order valence-corrected chi connectivity index (χ3v) is 2.43. The summed E-state index contributed by atoms with van der Waals surface area (Å²) in [7, 11) is 0. The van der Waals surface area contributed by atoms with Crippen LogP contribution in [0.4, 0.5) is 5.82 Å². The largest absolute Gasteiger partial charge is 0.370 e. The Balaban J connectivity index is 2.18. The predicted molar refractivity (Wildman–Crippen MR) is 68.8 cm³/mol. The van der Waals surface area contributed by atoms with Crippen molar-refractivity contribution in [2.75, 3.05) is 11.9 Å². The van der Waals surface area contributed by atoms with E-state index in [-0.39, 0.29) is 0 Å². The molecule has 94 valence electrons. The molecule has 2 rings (SSSR count). The number of hydrogen-bond donors (Lipinski definition) is 2. The maximum absolute atomic E-state index is 11.5. The highest BCUT2D eigenvalue weighted by Crippen LogP contribution is 2.05. The third-order valence-electron chi connectivity index (χ3n) is 2.43. The molecule has 0 unspecified atom stereocenters. The van der Waals surface area contributed by atoms with Crippen molar-refractivity contribution in [3.63, 3.8) is 0 Å². The van der Waals surface area contributed by atoms with Gasteiger partial charge in [0.25, 0.3) is 5.56 Å². The first-order valence-electron chi connectivity index (χ1n) is 5.67. The molecule has 2 aromatic rings. The molecule has 0 aromatic carbocycles. The Morgan fingerprint density at radius 3 is 2.78 bits per heavy atom. The standard InChI is InChI=1S/C12H14N4O2/c1-2-13-10-4-3-9(7-14-10)8-16-6-5-11(17)15-12(16)18/h3-7H,2,8H2,1H3,(H,13,14)(H,15,17,18). The highest BCUT2D eigenvalue weighted by molar-refractivity contribution is 5.35. The fourth-order valence-electron chi connectivity index (χ4n) is 1.57. The van der Waals surface area contributed by atoms with Crippen LogP contribution >= 0.6 is 0 Å². The van der Waals surface area contributed by atoms with Gasteiger partial charge in [-0.1, -0.05) is 6.07 Å². The zero-order valence-corrected chi connectivity index (χ0v) is 10.0. The van der Waals surface area contributed by atoms with Crippen molar-refractivity contribution in [1.82, 2.24) is 14.5 Å². The Bertz CT molecular complexity index is 628. The van der Waals surface area contributed by atoms with E-state index in [9.17, 15) is 9.59 Å². The second kappa shape index (κ2) is 5.31. The number of nitrogens with zero attached hydrogens (tertiary/aromatic N) is 2. The van der Waals surface area contributed by atoms with E-state index in [2.05, 4.69) is 15.3 Å². The smallest absolute Gasteiger partial charge is 0.328 e. The molecule has 2 heterocycles. The molecule has 6 nitrogen and oxygen atoms in total. The number of aromatic amines is 1. The second-order valence-electron chi connectivity index (χ2n) is 3.82. The fourth-order valence-corrected chi connectivity index (χ4v) is 1.57. The summed E-state index contributed by atoms with van der Waals surface area (Å²) in [6.45, 7) is 3.19. The van der Waals surface area contributed by atoms with Crippen molar-refractivity contribution in [3.05, 3.63) is 57.0 Å². The highest BCUT2D eigenvalue weighted by atomic mass is 16.2. The Kier molecular flexibility index (Phi) is 3.57. The Morgan fingerprint density at radius 1 is 1.33 bits per heavy atom. The van der Waals surface area contributed by atoms with Crippen LogP contribution in [0.3, 0.4) is 0 Å². The summed E-state index contributed by atoms with van der Waals surface area (Å²) in [6, 6.07) is 5.07. The van der Waals surface area contributed by atoms with E-state index in [0.29, 0.717) is 6.54 Å². The summed E-state index contributed by atoms with van der Waals surface area (Å²) in [6.07, 6.45) is 3.18. The molecule has 18 heavy (non-hydrogen) atoms. The Morgan fingerprint density at radius 2 is 2.17 bits per heavy atom. The summed E-state index contributed by atoms with van der Waals surface area (Å²) in [5.41, 5.74) is 0.0842. The van der Waals surface area contributed by atoms with Crippen LogP contribution in [0.1, 0.15) is 12.5 Å². The normalized spacial score (nSPS) is 10.3. The van der Waals surface area contributed by atoms with E-state index < -0.39 is 11.2 Å². The predicted octanol–water partition coefficient (Wildman–Crippen LogP) is 0.412. The maximum atomic E-state index is 11.5. The van der Waals surface area contributed by atoms with Crippen LogP contribution in [-0.2, 0) is 6.54 Å². The van der Waals surface area contributed by atoms with Crippen LogP contribution in [0.25, 0.3) is 0 Å². The number of hydrogen-bond acceptors (Lipinski definition) is 4. The number of pyridine rings is 1. The minimum atomic E-state index is -0.418. The minimum absolute atomic E-state index is 0.384. The van der Waals surface area contributed by atoms with Crippen LogP contribution in [0.15, 0.2) is 40.2 Å². The molecule has 0 radical (unpaired) electrons. The van der Waals surface area contributed by atoms with Crippen molar-refractivity contribution in [2.45, 2.75) is 13.5 Å². The van der Waals surface area contributed by atoms with Gasteiger partial charge in [0.2, 0.25) is 0 Å². The van der Waals surface area contributed by atoms with Gasteiger partial charge in [-0.2, -0.15) is 0 Å². The van der Waals surface area contributed by atoms with Crippen molar-refractivity contribution in [2.24, 2.45) is 0 Å².